The highest BCUT2D eigenvalue weighted by molar-refractivity contribution is 5.67. The van der Waals surface area contributed by atoms with Gasteiger partial charge in [0.05, 0.1) is 6.10 Å². The highest BCUT2D eigenvalue weighted by Gasteiger charge is 2.44. The van der Waals surface area contributed by atoms with E-state index < -0.39 is 24.3 Å². The molecular formula is C10H16O5. The molecule has 15 heavy (non-hydrogen) atoms. The fourth-order valence-electron chi connectivity index (χ4n) is 1.54. The molecular weight excluding hydrogens is 200 g/mol. The molecule has 5 heteroatoms. The van der Waals surface area contributed by atoms with E-state index in [9.17, 15) is 9.59 Å². The summed E-state index contributed by atoms with van der Waals surface area (Å²) in [5, 5.41) is 0. The van der Waals surface area contributed by atoms with Crippen LogP contribution in [-0.2, 0) is 23.8 Å². The van der Waals surface area contributed by atoms with E-state index in [2.05, 4.69) is 0 Å². The SMILES string of the molecule is CC(=O)OC1OC(C)C(C)C1OC(C)=O. The Morgan fingerprint density at radius 1 is 1.07 bits per heavy atom. The van der Waals surface area contributed by atoms with Gasteiger partial charge in [-0.1, -0.05) is 6.92 Å². The molecule has 0 aromatic heterocycles. The summed E-state index contributed by atoms with van der Waals surface area (Å²) in [5.41, 5.74) is 0. The summed E-state index contributed by atoms with van der Waals surface area (Å²) >= 11 is 0. The zero-order chi connectivity index (χ0) is 11.6. The van der Waals surface area contributed by atoms with Crippen molar-refractivity contribution in [3.63, 3.8) is 0 Å². The Labute approximate surface area is 88.7 Å². The molecule has 1 aliphatic heterocycles. The molecule has 0 amide bonds. The van der Waals surface area contributed by atoms with Crippen LogP contribution in [0.4, 0.5) is 0 Å². The van der Waals surface area contributed by atoms with Crippen LogP contribution in [0.5, 0.6) is 0 Å². The number of carbonyl (C=O) groups excluding carboxylic acids is 2. The van der Waals surface area contributed by atoms with Crippen molar-refractivity contribution in [2.24, 2.45) is 5.92 Å². The summed E-state index contributed by atoms with van der Waals surface area (Å²) in [6.07, 6.45) is -1.39. The summed E-state index contributed by atoms with van der Waals surface area (Å²) in [6.45, 7) is 6.36. The minimum absolute atomic E-state index is 0.0123. The van der Waals surface area contributed by atoms with Crippen molar-refractivity contribution in [1.82, 2.24) is 0 Å². The lowest BCUT2D eigenvalue weighted by molar-refractivity contribution is -0.193. The number of hydrogen-bond acceptors (Lipinski definition) is 5. The van der Waals surface area contributed by atoms with Crippen molar-refractivity contribution in [1.29, 1.82) is 0 Å². The maximum atomic E-state index is 10.9. The van der Waals surface area contributed by atoms with E-state index in [1.54, 1.807) is 0 Å². The Bertz CT molecular complexity index is 263. The summed E-state index contributed by atoms with van der Waals surface area (Å²) in [4.78, 5) is 21.7. The lowest BCUT2D eigenvalue weighted by Crippen LogP contribution is -2.33. The minimum Gasteiger partial charge on any atom is -0.455 e. The molecule has 4 atom stereocenters. The third-order valence-corrected chi connectivity index (χ3v) is 2.46. The van der Waals surface area contributed by atoms with Gasteiger partial charge in [-0.25, -0.2) is 0 Å². The Balaban J connectivity index is 2.68. The van der Waals surface area contributed by atoms with Gasteiger partial charge in [-0.3, -0.25) is 9.59 Å². The summed E-state index contributed by atoms with van der Waals surface area (Å²) in [6, 6.07) is 0. The molecule has 0 bridgehead atoms. The number of rotatable bonds is 2. The van der Waals surface area contributed by atoms with Crippen LogP contribution in [0.2, 0.25) is 0 Å². The second-order valence-corrected chi connectivity index (χ2v) is 3.75. The summed E-state index contributed by atoms with van der Waals surface area (Å²) in [5.74, 6) is -0.835. The lowest BCUT2D eigenvalue weighted by Gasteiger charge is -2.19. The van der Waals surface area contributed by atoms with E-state index in [-0.39, 0.29) is 12.0 Å². The van der Waals surface area contributed by atoms with Crippen LogP contribution in [0.3, 0.4) is 0 Å². The van der Waals surface area contributed by atoms with Crippen LogP contribution < -0.4 is 0 Å². The number of carbonyl (C=O) groups is 2. The van der Waals surface area contributed by atoms with Crippen LogP contribution in [0, 0.1) is 5.92 Å². The molecule has 0 aromatic rings. The number of esters is 2. The second-order valence-electron chi connectivity index (χ2n) is 3.75. The number of hydrogen-bond donors (Lipinski definition) is 0. The molecule has 0 aliphatic carbocycles. The third-order valence-electron chi connectivity index (χ3n) is 2.46. The van der Waals surface area contributed by atoms with Crippen LogP contribution >= 0.6 is 0 Å². The highest BCUT2D eigenvalue weighted by Crippen LogP contribution is 2.29. The van der Waals surface area contributed by atoms with Crippen molar-refractivity contribution in [3.8, 4) is 0 Å². The first-order valence-electron chi connectivity index (χ1n) is 4.91. The van der Waals surface area contributed by atoms with E-state index in [0.717, 1.165) is 0 Å². The molecule has 1 saturated heterocycles. The molecule has 5 nitrogen and oxygen atoms in total. The first-order chi connectivity index (χ1) is 6.91. The molecule has 0 radical (unpaired) electrons. The molecule has 0 N–H and O–H groups in total. The van der Waals surface area contributed by atoms with Crippen molar-refractivity contribution in [2.75, 3.05) is 0 Å². The van der Waals surface area contributed by atoms with E-state index in [1.165, 1.54) is 13.8 Å². The van der Waals surface area contributed by atoms with Gasteiger partial charge in [0.25, 0.3) is 0 Å². The zero-order valence-electron chi connectivity index (χ0n) is 9.35. The van der Waals surface area contributed by atoms with Gasteiger partial charge in [0, 0.05) is 19.8 Å². The standard InChI is InChI=1S/C10H16O5/c1-5-6(2)13-10(15-8(4)12)9(5)14-7(3)11/h5-6,9-10H,1-4H3. The average molecular weight is 216 g/mol. The Kier molecular flexibility index (Phi) is 3.68. The van der Waals surface area contributed by atoms with Gasteiger partial charge in [-0.2, -0.15) is 0 Å². The molecule has 4 unspecified atom stereocenters. The molecule has 1 aliphatic rings. The number of ether oxygens (including phenoxy) is 3. The van der Waals surface area contributed by atoms with Crippen LogP contribution in [0.25, 0.3) is 0 Å². The summed E-state index contributed by atoms with van der Waals surface area (Å²) in [7, 11) is 0. The van der Waals surface area contributed by atoms with Crippen molar-refractivity contribution >= 4 is 11.9 Å². The molecule has 1 fully saturated rings. The van der Waals surface area contributed by atoms with Crippen molar-refractivity contribution < 1.29 is 23.8 Å². The average Bonchev–Trinajstić information content (AvgIpc) is 2.31. The molecule has 1 heterocycles. The first-order valence-corrected chi connectivity index (χ1v) is 4.91. The maximum Gasteiger partial charge on any atom is 0.305 e. The molecule has 86 valence electrons. The largest absolute Gasteiger partial charge is 0.455 e. The van der Waals surface area contributed by atoms with Gasteiger partial charge in [0.1, 0.15) is 0 Å². The fraction of sp³-hybridized carbons (Fsp3) is 0.800. The van der Waals surface area contributed by atoms with Gasteiger partial charge >= 0.3 is 11.9 Å². The van der Waals surface area contributed by atoms with E-state index in [1.807, 2.05) is 13.8 Å². The maximum absolute atomic E-state index is 10.9. The second kappa shape index (κ2) is 4.61. The van der Waals surface area contributed by atoms with Gasteiger partial charge in [-0.15, -0.1) is 0 Å². The minimum atomic E-state index is -0.781. The molecule has 1 rings (SSSR count). The zero-order valence-corrected chi connectivity index (χ0v) is 9.35. The monoisotopic (exact) mass is 216 g/mol. The topological polar surface area (TPSA) is 61.8 Å². The fourth-order valence-corrected chi connectivity index (χ4v) is 1.54. The predicted molar refractivity (Wildman–Crippen MR) is 50.8 cm³/mol. The molecule has 0 aromatic carbocycles. The van der Waals surface area contributed by atoms with Crippen LogP contribution in [-0.4, -0.2) is 30.4 Å². The Hall–Kier alpha value is -1.10. The Morgan fingerprint density at radius 3 is 2.07 bits per heavy atom. The van der Waals surface area contributed by atoms with Crippen LogP contribution in [0.15, 0.2) is 0 Å². The summed E-state index contributed by atoms with van der Waals surface area (Å²) < 4.78 is 15.4. The quantitative estimate of drug-likeness (QED) is 0.641. The molecule has 0 saturated carbocycles. The normalized spacial score (nSPS) is 34.9. The van der Waals surface area contributed by atoms with E-state index in [4.69, 9.17) is 14.2 Å². The van der Waals surface area contributed by atoms with Gasteiger partial charge in [-0.05, 0) is 6.92 Å². The van der Waals surface area contributed by atoms with Gasteiger partial charge in [0.2, 0.25) is 6.29 Å². The van der Waals surface area contributed by atoms with Gasteiger partial charge < -0.3 is 14.2 Å². The van der Waals surface area contributed by atoms with Crippen molar-refractivity contribution in [2.45, 2.75) is 46.2 Å². The van der Waals surface area contributed by atoms with Gasteiger partial charge in [0.15, 0.2) is 6.10 Å². The molecule has 0 spiro atoms. The highest BCUT2D eigenvalue weighted by atomic mass is 16.7. The first kappa shape index (κ1) is 12.0. The van der Waals surface area contributed by atoms with Crippen LogP contribution in [0.1, 0.15) is 27.7 Å². The Morgan fingerprint density at radius 2 is 1.60 bits per heavy atom. The third kappa shape index (κ3) is 2.92. The van der Waals surface area contributed by atoms with E-state index >= 15 is 0 Å². The van der Waals surface area contributed by atoms with E-state index in [0.29, 0.717) is 0 Å². The lowest BCUT2D eigenvalue weighted by atomic mass is 10.0. The van der Waals surface area contributed by atoms with Crippen molar-refractivity contribution in [3.05, 3.63) is 0 Å². The smallest absolute Gasteiger partial charge is 0.305 e. The predicted octanol–water partition coefficient (Wildman–Crippen LogP) is 0.862.